The molecule has 0 saturated carbocycles. The van der Waals surface area contributed by atoms with Crippen LogP contribution >= 0.6 is 0 Å². The molecule has 0 aromatic heterocycles. The molecule has 1 heteroatoms. The summed E-state index contributed by atoms with van der Waals surface area (Å²) < 4.78 is 0. The van der Waals surface area contributed by atoms with Crippen molar-refractivity contribution >= 4 is 0 Å². The van der Waals surface area contributed by atoms with Crippen LogP contribution in [0.25, 0.3) is 11.1 Å². The van der Waals surface area contributed by atoms with Crippen LogP contribution in [-0.4, -0.2) is 0 Å². The molecule has 0 radical (unpaired) electrons. The van der Waals surface area contributed by atoms with E-state index in [1.807, 2.05) is 6.07 Å². The van der Waals surface area contributed by atoms with Gasteiger partial charge in [-0.05, 0) is 22.6 Å². The second kappa shape index (κ2) is 5.83. The standard InChI is InChI=1S/C17H21N/c1-3-13(2)17(18)16-11-9-15(10-12-16)14-7-5-4-6-8-14/h4-13,17H,3,18H2,1-2H3. The number of hydrogen-bond donors (Lipinski definition) is 1. The van der Waals surface area contributed by atoms with Crippen LogP contribution in [0, 0.1) is 5.92 Å². The van der Waals surface area contributed by atoms with Crippen molar-refractivity contribution in [2.24, 2.45) is 11.7 Å². The highest BCUT2D eigenvalue weighted by Gasteiger charge is 2.12. The molecule has 0 amide bonds. The molecule has 0 aliphatic carbocycles. The Bertz CT molecular complexity index is 473. The zero-order valence-corrected chi connectivity index (χ0v) is 11.1. The smallest absolute Gasteiger partial charge is 0.0320 e. The molecule has 2 N–H and O–H groups in total. The van der Waals surface area contributed by atoms with E-state index in [0.717, 1.165) is 6.42 Å². The van der Waals surface area contributed by atoms with Gasteiger partial charge in [0.1, 0.15) is 0 Å². The monoisotopic (exact) mass is 239 g/mol. The third-order valence-electron chi connectivity index (χ3n) is 3.66. The summed E-state index contributed by atoms with van der Waals surface area (Å²) in [7, 11) is 0. The molecule has 0 aliphatic rings. The minimum Gasteiger partial charge on any atom is -0.324 e. The van der Waals surface area contributed by atoms with Gasteiger partial charge in [-0.3, -0.25) is 0 Å². The van der Waals surface area contributed by atoms with Gasteiger partial charge in [0.15, 0.2) is 0 Å². The number of rotatable bonds is 4. The summed E-state index contributed by atoms with van der Waals surface area (Å²) in [5.74, 6) is 0.521. The van der Waals surface area contributed by atoms with Crippen molar-refractivity contribution in [2.75, 3.05) is 0 Å². The van der Waals surface area contributed by atoms with Crippen LogP contribution in [0.4, 0.5) is 0 Å². The molecule has 2 aromatic rings. The first-order chi connectivity index (χ1) is 8.72. The maximum atomic E-state index is 6.24. The van der Waals surface area contributed by atoms with Gasteiger partial charge in [-0.1, -0.05) is 74.9 Å². The fourth-order valence-corrected chi connectivity index (χ4v) is 2.11. The fourth-order valence-electron chi connectivity index (χ4n) is 2.11. The van der Waals surface area contributed by atoms with Crippen molar-refractivity contribution in [3.8, 4) is 11.1 Å². The van der Waals surface area contributed by atoms with E-state index in [-0.39, 0.29) is 6.04 Å². The first kappa shape index (κ1) is 12.8. The van der Waals surface area contributed by atoms with Gasteiger partial charge in [0, 0.05) is 6.04 Å². The average Bonchev–Trinajstić information content (AvgIpc) is 2.47. The van der Waals surface area contributed by atoms with Gasteiger partial charge in [0.05, 0.1) is 0 Å². The molecule has 2 rings (SSSR count). The topological polar surface area (TPSA) is 26.0 Å². The van der Waals surface area contributed by atoms with Crippen molar-refractivity contribution in [2.45, 2.75) is 26.3 Å². The Hall–Kier alpha value is -1.60. The van der Waals surface area contributed by atoms with Crippen molar-refractivity contribution in [3.63, 3.8) is 0 Å². The SMILES string of the molecule is CCC(C)C(N)c1ccc(-c2ccccc2)cc1. The Labute approximate surface area is 110 Å². The van der Waals surface area contributed by atoms with Gasteiger partial charge >= 0.3 is 0 Å². The highest BCUT2D eigenvalue weighted by molar-refractivity contribution is 5.63. The van der Waals surface area contributed by atoms with Crippen molar-refractivity contribution in [1.82, 2.24) is 0 Å². The lowest BCUT2D eigenvalue weighted by Crippen LogP contribution is -2.18. The molecule has 0 bridgehead atoms. The van der Waals surface area contributed by atoms with E-state index in [4.69, 9.17) is 5.73 Å². The third kappa shape index (κ3) is 2.80. The largest absolute Gasteiger partial charge is 0.324 e. The Morgan fingerprint density at radius 2 is 1.44 bits per heavy atom. The lowest BCUT2D eigenvalue weighted by molar-refractivity contribution is 0.457. The van der Waals surface area contributed by atoms with E-state index in [2.05, 4.69) is 62.4 Å². The Kier molecular flexibility index (Phi) is 4.16. The lowest BCUT2D eigenvalue weighted by atomic mass is 9.92. The van der Waals surface area contributed by atoms with Gasteiger partial charge in [0.25, 0.3) is 0 Å². The molecule has 1 nitrogen and oxygen atoms in total. The molecular formula is C17H21N. The predicted octanol–water partition coefficient (Wildman–Crippen LogP) is 4.40. The zero-order valence-electron chi connectivity index (χ0n) is 11.1. The van der Waals surface area contributed by atoms with E-state index in [1.54, 1.807) is 0 Å². The molecular weight excluding hydrogens is 218 g/mol. The number of nitrogens with two attached hydrogens (primary N) is 1. The summed E-state index contributed by atoms with van der Waals surface area (Å²) in [6, 6.07) is 19.2. The second-order valence-corrected chi connectivity index (χ2v) is 4.90. The Balaban J connectivity index is 2.20. The first-order valence-electron chi connectivity index (χ1n) is 6.63. The molecule has 94 valence electrons. The highest BCUT2D eigenvalue weighted by atomic mass is 14.6. The van der Waals surface area contributed by atoms with Crippen LogP contribution in [0.1, 0.15) is 31.9 Å². The Morgan fingerprint density at radius 1 is 0.889 bits per heavy atom. The van der Waals surface area contributed by atoms with Crippen LogP contribution in [0.15, 0.2) is 54.6 Å². The minimum atomic E-state index is 0.139. The van der Waals surface area contributed by atoms with Crippen molar-refractivity contribution in [1.29, 1.82) is 0 Å². The molecule has 0 heterocycles. The lowest BCUT2D eigenvalue weighted by Gasteiger charge is -2.18. The van der Waals surface area contributed by atoms with E-state index < -0.39 is 0 Å². The van der Waals surface area contributed by atoms with Crippen LogP contribution in [-0.2, 0) is 0 Å². The van der Waals surface area contributed by atoms with Crippen LogP contribution in [0.2, 0.25) is 0 Å². The van der Waals surface area contributed by atoms with Crippen LogP contribution in [0.5, 0.6) is 0 Å². The summed E-state index contributed by atoms with van der Waals surface area (Å²) in [5.41, 5.74) is 9.96. The van der Waals surface area contributed by atoms with E-state index >= 15 is 0 Å². The quantitative estimate of drug-likeness (QED) is 0.840. The second-order valence-electron chi connectivity index (χ2n) is 4.90. The summed E-state index contributed by atoms with van der Waals surface area (Å²) in [4.78, 5) is 0. The molecule has 2 aromatic carbocycles. The van der Waals surface area contributed by atoms with E-state index in [1.165, 1.54) is 16.7 Å². The normalized spacial score (nSPS) is 14.2. The molecule has 2 atom stereocenters. The van der Waals surface area contributed by atoms with Gasteiger partial charge < -0.3 is 5.73 Å². The van der Waals surface area contributed by atoms with Gasteiger partial charge in [-0.2, -0.15) is 0 Å². The van der Waals surface area contributed by atoms with Crippen molar-refractivity contribution in [3.05, 3.63) is 60.2 Å². The Morgan fingerprint density at radius 3 is 2.00 bits per heavy atom. The maximum Gasteiger partial charge on any atom is 0.0320 e. The fraction of sp³-hybridized carbons (Fsp3) is 0.294. The first-order valence-corrected chi connectivity index (χ1v) is 6.63. The maximum absolute atomic E-state index is 6.24. The average molecular weight is 239 g/mol. The van der Waals surface area contributed by atoms with Gasteiger partial charge in [0.2, 0.25) is 0 Å². The number of benzene rings is 2. The molecule has 2 unspecified atom stereocenters. The highest BCUT2D eigenvalue weighted by Crippen LogP contribution is 2.25. The van der Waals surface area contributed by atoms with Crippen molar-refractivity contribution < 1.29 is 0 Å². The van der Waals surface area contributed by atoms with E-state index in [0.29, 0.717) is 5.92 Å². The minimum absolute atomic E-state index is 0.139. The zero-order chi connectivity index (χ0) is 13.0. The summed E-state index contributed by atoms with van der Waals surface area (Å²) in [6.45, 7) is 4.39. The molecule has 0 saturated heterocycles. The molecule has 0 aliphatic heterocycles. The van der Waals surface area contributed by atoms with Crippen LogP contribution < -0.4 is 5.73 Å². The van der Waals surface area contributed by atoms with Gasteiger partial charge in [-0.25, -0.2) is 0 Å². The van der Waals surface area contributed by atoms with E-state index in [9.17, 15) is 0 Å². The summed E-state index contributed by atoms with van der Waals surface area (Å²) in [6.07, 6.45) is 1.11. The molecule has 0 spiro atoms. The van der Waals surface area contributed by atoms with Crippen LogP contribution in [0.3, 0.4) is 0 Å². The van der Waals surface area contributed by atoms with Gasteiger partial charge in [-0.15, -0.1) is 0 Å². The molecule has 0 fully saturated rings. The summed E-state index contributed by atoms with van der Waals surface area (Å²) >= 11 is 0. The predicted molar refractivity (Wildman–Crippen MR) is 78.3 cm³/mol. The third-order valence-corrected chi connectivity index (χ3v) is 3.66. The number of hydrogen-bond acceptors (Lipinski definition) is 1. The summed E-state index contributed by atoms with van der Waals surface area (Å²) in [5, 5.41) is 0. The molecule has 18 heavy (non-hydrogen) atoms.